The van der Waals surface area contributed by atoms with Gasteiger partial charge in [-0.15, -0.1) is 0 Å². The summed E-state index contributed by atoms with van der Waals surface area (Å²) in [4.78, 5) is 16.4. The van der Waals surface area contributed by atoms with Gasteiger partial charge in [-0.2, -0.15) is 0 Å². The van der Waals surface area contributed by atoms with Crippen LogP contribution in [-0.4, -0.2) is 10.9 Å². The molecule has 0 unspecified atom stereocenters. The molecule has 2 aromatic carbocycles. The third kappa shape index (κ3) is 4.01. The molecule has 1 heterocycles. The van der Waals surface area contributed by atoms with Crippen LogP contribution in [0.4, 0.5) is 21.5 Å². The fourth-order valence-electron chi connectivity index (χ4n) is 2.41. The van der Waals surface area contributed by atoms with Crippen LogP contribution in [0.5, 0.6) is 0 Å². The zero-order chi connectivity index (χ0) is 17.8. The maximum Gasteiger partial charge on any atom is 0.274 e. The number of anilines is 3. The van der Waals surface area contributed by atoms with E-state index >= 15 is 0 Å². The van der Waals surface area contributed by atoms with E-state index in [1.165, 1.54) is 23.8 Å². The average molecular weight is 335 g/mol. The van der Waals surface area contributed by atoms with Crippen LogP contribution < -0.4 is 10.6 Å². The van der Waals surface area contributed by atoms with Crippen LogP contribution >= 0.6 is 0 Å². The number of carbonyl (C=O) groups excluding carboxylic acids is 1. The molecule has 0 bridgehead atoms. The van der Waals surface area contributed by atoms with Gasteiger partial charge in [-0.25, -0.2) is 9.37 Å². The van der Waals surface area contributed by atoms with E-state index in [1.54, 1.807) is 24.4 Å². The lowest BCUT2D eigenvalue weighted by Crippen LogP contribution is -2.13. The van der Waals surface area contributed by atoms with Gasteiger partial charge in [0.25, 0.3) is 5.91 Å². The Balaban J connectivity index is 1.71. The monoisotopic (exact) mass is 335 g/mol. The van der Waals surface area contributed by atoms with Crippen LogP contribution in [0.25, 0.3) is 0 Å². The summed E-state index contributed by atoms with van der Waals surface area (Å²) in [7, 11) is 0. The van der Waals surface area contributed by atoms with Crippen LogP contribution in [0.15, 0.2) is 60.8 Å². The molecule has 3 aromatic rings. The summed E-state index contributed by atoms with van der Waals surface area (Å²) in [5.41, 5.74) is 4.80. The summed E-state index contributed by atoms with van der Waals surface area (Å²) in [6.07, 6.45) is 1.60. The molecule has 0 aliphatic carbocycles. The first-order chi connectivity index (χ1) is 12.0. The number of benzene rings is 2. The lowest BCUT2D eigenvalue weighted by atomic mass is 10.1. The molecule has 0 spiro atoms. The van der Waals surface area contributed by atoms with Gasteiger partial charge in [0.15, 0.2) is 0 Å². The summed E-state index contributed by atoms with van der Waals surface area (Å²) in [6, 6.07) is 15.2. The molecule has 5 heteroatoms. The van der Waals surface area contributed by atoms with Gasteiger partial charge in [0.05, 0.1) is 11.9 Å². The van der Waals surface area contributed by atoms with E-state index in [0.717, 1.165) is 16.9 Å². The molecule has 0 aliphatic rings. The summed E-state index contributed by atoms with van der Waals surface area (Å²) in [5, 5.41) is 5.92. The summed E-state index contributed by atoms with van der Waals surface area (Å²) in [5.74, 6) is -0.789. The van der Waals surface area contributed by atoms with Crippen LogP contribution in [0.1, 0.15) is 21.6 Å². The number of nitrogens with one attached hydrogen (secondary N) is 2. The molecular formula is C20H18FN3O. The number of aryl methyl sites for hydroxylation is 1. The Bertz CT molecular complexity index is 907. The second-order valence-corrected chi connectivity index (χ2v) is 5.77. The van der Waals surface area contributed by atoms with Gasteiger partial charge in [0.2, 0.25) is 0 Å². The number of nitrogens with zero attached hydrogens (tertiary/aromatic N) is 1. The first-order valence-corrected chi connectivity index (χ1v) is 7.89. The predicted octanol–water partition coefficient (Wildman–Crippen LogP) is 4.83. The summed E-state index contributed by atoms with van der Waals surface area (Å²) >= 11 is 0. The highest BCUT2D eigenvalue weighted by Crippen LogP contribution is 2.22. The molecule has 1 amide bonds. The minimum atomic E-state index is -0.404. The molecule has 2 N–H and O–H groups in total. The Morgan fingerprint density at radius 2 is 1.80 bits per heavy atom. The van der Waals surface area contributed by atoms with Crippen molar-refractivity contribution in [1.82, 2.24) is 4.98 Å². The Morgan fingerprint density at radius 3 is 2.52 bits per heavy atom. The van der Waals surface area contributed by atoms with E-state index in [0.29, 0.717) is 5.69 Å². The Hall–Kier alpha value is -3.21. The minimum absolute atomic E-state index is 0.260. The molecule has 0 saturated heterocycles. The number of hydrogen-bond donors (Lipinski definition) is 2. The van der Waals surface area contributed by atoms with Gasteiger partial charge in [-0.05, 0) is 61.4 Å². The second kappa shape index (κ2) is 7.13. The van der Waals surface area contributed by atoms with Crippen molar-refractivity contribution < 1.29 is 9.18 Å². The molecule has 0 atom stereocenters. The number of carbonyl (C=O) groups is 1. The Labute approximate surface area is 145 Å². The van der Waals surface area contributed by atoms with Crippen molar-refractivity contribution in [2.45, 2.75) is 13.8 Å². The Kier molecular flexibility index (Phi) is 4.75. The highest BCUT2D eigenvalue weighted by molar-refractivity contribution is 6.02. The van der Waals surface area contributed by atoms with Crippen molar-refractivity contribution in [3.63, 3.8) is 0 Å². The van der Waals surface area contributed by atoms with Gasteiger partial charge < -0.3 is 10.6 Å². The van der Waals surface area contributed by atoms with Crippen molar-refractivity contribution in [3.05, 3.63) is 83.4 Å². The largest absolute Gasteiger partial charge is 0.354 e. The first-order valence-electron chi connectivity index (χ1n) is 7.89. The topological polar surface area (TPSA) is 54.0 Å². The molecule has 126 valence electrons. The van der Waals surface area contributed by atoms with Gasteiger partial charge >= 0.3 is 0 Å². The third-order valence-corrected chi connectivity index (χ3v) is 3.96. The van der Waals surface area contributed by atoms with Gasteiger partial charge in [-0.1, -0.05) is 18.2 Å². The van der Waals surface area contributed by atoms with Crippen molar-refractivity contribution in [2.24, 2.45) is 0 Å². The first kappa shape index (κ1) is 16.6. The van der Waals surface area contributed by atoms with E-state index in [4.69, 9.17) is 0 Å². The molecule has 0 saturated carbocycles. The van der Waals surface area contributed by atoms with Gasteiger partial charge in [0, 0.05) is 11.4 Å². The normalized spacial score (nSPS) is 10.4. The summed E-state index contributed by atoms with van der Waals surface area (Å²) < 4.78 is 13.2. The zero-order valence-electron chi connectivity index (χ0n) is 14.0. The zero-order valence-corrected chi connectivity index (χ0v) is 14.0. The van der Waals surface area contributed by atoms with Gasteiger partial charge in [0.1, 0.15) is 11.5 Å². The maximum absolute atomic E-state index is 13.2. The molecule has 0 aliphatic heterocycles. The van der Waals surface area contributed by atoms with Crippen molar-refractivity contribution in [3.8, 4) is 0 Å². The smallest absolute Gasteiger partial charge is 0.274 e. The highest BCUT2D eigenvalue weighted by Gasteiger charge is 2.09. The molecule has 0 fully saturated rings. The van der Waals surface area contributed by atoms with E-state index in [2.05, 4.69) is 28.6 Å². The molecule has 25 heavy (non-hydrogen) atoms. The fraction of sp³-hybridized carbons (Fsp3) is 0.100. The van der Waals surface area contributed by atoms with E-state index in [1.807, 2.05) is 19.1 Å². The molecule has 4 nitrogen and oxygen atoms in total. The number of hydrogen-bond acceptors (Lipinski definition) is 3. The predicted molar refractivity (Wildman–Crippen MR) is 97.8 cm³/mol. The van der Waals surface area contributed by atoms with Gasteiger partial charge in [-0.3, -0.25) is 4.79 Å². The van der Waals surface area contributed by atoms with Crippen molar-refractivity contribution in [2.75, 3.05) is 10.6 Å². The number of amides is 1. The molecule has 0 radical (unpaired) electrons. The van der Waals surface area contributed by atoms with Crippen LogP contribution in [0.3, 0.4) is 0 Å². The maximum atomic E-state index is 13.2. The molecule has 3 rings (SSSR count). The third-order valence-electron chi connectivity index (χ3n) is 3.96. The fourth-order valence-corrected chi connectivity index (χ4v) is 2.41. The number of halogens is 1. The van der Waals surface area contributed by atoms with Crippen molar-refractivity contribution in [1.29, 1.82) is 0 Å². The van der Waals surface area contributed by atoms with E-state index in [9.17, 15) is 9.18 Å². The number of rotatable bonds is 4. The van der Waals surface area contributed by atoms with Crippen LogP contribution in [-0.2, 0) is 0 Å². The second-order valence-electron chi connectivity index (χ2n) is 5.77. The molecule has 1 aromatic heterocycles. The minimum Gasteiger partial charge on any atom is -0.354 e. The highest BCUT2D eigenvalue weighted by atomic mass is 19.1. The van der Waals surface area contributed by atoms with Crippen LogP contribution in [0, 0.1) is 19.7 Å². The standard InChI is InChI=1S/C20H18FN3O/c1-13-5-3-8-18(14(13)2)23-17-9-10-19(22-12-17)20(25)24-16-7-4-6-15(21)11-16/h3-12,23H,1-2H3,(H,24,25). The van der Waals surface area contributed by atoms with E-state index < -0.39 is 5.82 Å². The van der Waals surface area contributed by atoms with Crippen molar-refractivity contribution >= 4 is 23.0 Å². The lowest BCUT2D eigenvalue weighted by molar-refractivity contribution is 0.102. The quantitative estimate of drug-likeness (QED) is 0.718. The average Bonchev–Trinajstić information content (AvgIpc) is 2.59. The Morgan fingerprint density at radius 1 is 1.00 bits per heavy atom. The number of pyridine rings is 1. The summed E-state index contributed by atoms with van der Waals surface area (Å²) in [6.45, 7) is 4.10. The lowest BCUT2D eigenvalue weighted by Gasteiger charge is -2.11. The molecular weight excluding hydrogens is 317 g/mol. The van der Waals surface area contributed by atoms with Crippen LogP contribution in [0.2, 0.25) is 0 Å². The SMILES string of the molecule is Cc1cccc(Nc2ccc(C(=O)Nc3cccc(F)c3)nc2)c1C. The van der Waals surface area contributed by atoms with E-state index in [-0.39, 0.29) is 11.6 Å². The number of aromatic nitrogens is 1.